The lowest BCUT2D eigenvalue weighted by Gasteiger charge is -2.11. The number of amides is 2. The molecule has 0 saturated heterocycles. The first-order valence-electron chi connectivity index (χ1n) is 6.98. The predicted molar refractivity (Wildman–Crippen MR) is 92.8 cm³/mol. The molecular weight excluding hydrogens is 374 g/mol. The molecule has 24 heavy (non-hydrogen) atoms. The second-order valence-corrected chi connectivity index (χ2v) is 5.66. The molecule has 0 radical (unpaired) electrons. The van der Waals surface area contributed by atoms with Gasteiger partial charge < -0.3 is 15.4 Å². The smallest absolute Gasteiger partial charge is 0.262 e. The van der Waals surface area contributed by atoms with Crippen LogP contribution in [0, 0.1) is 11.3 Å². The maximum absolute atomic E-state index is 12.0. The van der Waals surface area contributed by atoms with Gasteiger partial charge in [0, 0.05) is 11.5 Å². The van der Waals surface area contributed by atoms with Crippen molar-refractivity contribution in [3.05, 3.63) is 58.1 Å². The number of carbonyl (C=O) groups is 2. The van der Waals surface area contributed by atoms with Crippen molar-refractivity contribution in [1.82, 2.24) is 5.32 Å². The molecule has 0 saturated carbocycles. The van der Waals surface area contributed by atoms with Crippen LogP contribution in [0.2, 0.25) is 0 Å². The van der Waals surface area contributed by atoms with E-state index in [1.807, 2.05) is 6.07 Å². The number of rotatable bonds is 5. The maximum Gasteiger partial charge on any atom is 0.262 e. The number of hydrogen-bond acceptors (Lipinski definition) is 4. The molecule has 0 fully saturated rings. The lowest BCUT2D eigenvalue weighted by Crippen LogP contribution is -2.24. The highest BCUT2D eigenvalue weighted by atomic mass is 79.9. The third-order valence-corrected chi connectivity index (χ3v) is 3.57. The van der Waals surface area contributed by atoms with E-state index in [0.717, 1.165) is 4.47 Å². The Morgan fingerprint density at radius 1 is 1.21 bits per heavy atom. The molecule has 0 aliphatic rings. The molecule has 0 heterocycles. The topological polar surface area (TPSA) is 91.2 Å². The largest absolute Gasteiger partial charge is 0.484 e. The quantitative estimate of drug-likeness (QED) is 0.824. The molecule has 122 valence electrons. The van der Waals surface area contributed by atoms with Crippen molar-refractivity contribution in [2.75, 3.05) is 19.0 Å². The van der Waals surface area contributed by atoms with Crippen molar-refractivity contribution >= 4 is 33.4 Å². The van der Waals surface area contributed by atoms with Gasteiger partial charge in [0.1, 0.15) is 5.75 Å². The molecule has 2 rings (SSSR count). The lowest BCUT2D eigenvalue weighted by molar-refractivity contribution is -0.118. The molecule has 2 amide bonds. The Morgan fingerprint density at radius 2 is 1.92 bits per heavy atom. The molecule has 0 unspecified atom stereocenters. The van der Waals surface area contributed by atoms with Crippen molar-refractivity contribution in [2.45, 2.75) is 0 Å². The normalized spacial score (nSPS) is 9.71. The Balaban J connectivity index is 2.02. The van der Waals surface area contributed by atoms with Gasteiger partial charge in [0.15, 0.2) is 6.61 Å². The zero-order valence-electron chi connectivity index (χ0n) is 12.8. The number of halogens is 1. The molecule has 2 aromatic rings. The van der Waals surface area contributed by atoms with Crippen molar-refractivity contribution in [3.8, 4) is 11.8 Å². The van der Waals surface area contributed by atoms with E-state index in [4.69, 9.17) is 10.00 Å². The fourth-order valence-electron chi connectivity index (χ4n) is 1.91. The first-order chi connectivity index (χ1) is 11.5. The third-order valence-electron chi connectivity index (χ3n) is 3.08. The van der Waals surface area contributed by atoms with Gasteiger partial charge in [-0.25, -0.2) is 0 Å². The predicted octanol–water partition coefficient (Wildman–Crippen LogP) is 2.70. The first-order valence-corrected chi connectivity index (χ1v) is 7.77. The van der Waals surface area contributed by atoms with Crippen molar-refractivity contribution in [2.24, 2.45) is 0 Å². The van der Waals surface area contributed by atoms with Crippen LogP contribution in [0.25, 0.3) is 0 Å². The Hall–Kier alpha value is -2.85. The lowest BCUT2D eigenvalue weighted by atomic mass is 10.1. The Labute approximate surface area is 147 Å². The second kappa shape index (κ2) is 8.13. The van der Waals surface area contributed by atoms with Crippen LogP contribution in [-0.2, 0) is 4.79 Å². The highest BCUT2D eigenvalue weighted by Gasteiger charge is 2.13. The average Bonchev–Trinajstić information content (AvgIpc) is 2.61. The van der Waals surface area contributed by atoms with Gasteiger partial charge in [-0.1, -0.05) is 15.9 Å². The fraction of sp³-hybridized carbons (Fsp3) is 0.118. The van der Waals surface area contributed by atoms with E-state index in [1.54, 1.807) is 42.5 Å². The first kappa shape index (κ1) is 17.5. The summed E-state index contributed by atoms with van der Waals surface area (Å²) in [5.41, 5.74) is 1.25. The molecule has 0 aliphatic carbocycles. The molecule has 2 aromatic carbocycles. The van der Waals surface area contributed by atoms with E-state index in [2.05, 4.69) is 26.6 Å². The molecular formula is C17H14BrN3O3. The van der Waals surface area contributed by atoms with Crippen molar-refractivity contribution in [1.29, 1.82) is 5.26 Å². The van der Waals surface area contributed by atoms with Gasteiger partial charge in [0.2, 0.25) is 0 Å². The van der Waals surface area contributed by atoms with E-state index >= 15 is 0 Å². The van der Waals surface area contributed by atoms with E-state index in [9.17, 15) is 9.59 Å². The zero-order chi connectivity index (χ0) is 17.5. The van der Waals surface area contributed by atoms with Gasteiger partial charge in [-0.2, -0.15) is 5.26 Å². The Kier molecular flexibility index (Phi) is 5.93. The minimum Gasteiger partial charge on any atom is -0.484 e. The van der Waals surface area contributed by atoms with Gasteiger partial charge in [0.05, 0.1) is 22.9 Å². The minimum atomic E-state index is -0.396. The molecule has 2 N–H and O–H groups in total. The minimum absolute atomic E-state index is 0.213. The number of anilines is 1. The van der Waals surface area contributed by atoms with Gasteiger partial charge in [-0.3, -0.25) is 9.59 Å². The van der Waals surface area contributed by atoms with Gasteiger partial charge in [0.25, 0.3) is 11.8 Å². The summed E-state index contributed by atoms with van der Waals surface area (Å²) in [4.78, 5) is 23.9. The van der Waals surface area contributed by atoms with Crippen LogP contribution in [0.5, 0.6) is 5.75 Å². The summed E-state index contributed by atoms with van der Waals surface area (Å²) >= 11 is 3.29. The summed E-state index contributed by atoms with van der Waals surface area (Å²) in [6.07, 6.45) is 0. The van der Waals surface area contributed by atoms with Crippen molar-refractivity contribution < 1.29 is 14.3 Å². The van der Waals surface area contributed by atoms with Crippen LogP contribution in [0.1, 0.15) is 15.9 Å². The standard InChI is InChI=1S/C17H14BrN3O3/c1-20-17(23)14-8-12(18)4-7-15(14)21-16(22)10-24-13-5-2-11(9-19)3-6-13/h2-8H,10H2,1H3,(H,20,23)(H,21,22). The van der Waals surface area contributed by atoms with Gasteiger partial charge in [-0.15, -0.1) is 0 Å². The molecule has 0 aromatic heterocycles. The second-order valence-electron chi connectivity index (χ2n) is 4.74. The highest BCUT2D eigenvalue weighted by molar-refractivity contribution is 9.10. The molecule has 0 bridgehead atoms. The number of nitrogens with zero attached hydrogens (tertiary/aromatic N) is 1. The monoisotopic (exact) mass is 387 g/mol. The summed E-state index contributed by atoms with van der Waals surface area (Å²) in [6, 6.07) is 13.4. The average molecular weight is 388 g/mol. The van der Waals surface area contributed by atoms with Crippen LogP contribution < -0.4 is 15.4 Å². The summed E-state index contributed by atoms with van der Waals surface area (Å²) in [7, 11) is 1.52. The summed E-state index contributed by atoms with van der Waals surface area (Å²) in [5.74, 6) is -0.224. The molecule has 0 aliphatic heterocycles. The van der Waals surface area contributed by atoms with Crippen LogP contribution in [0.3, 0.4) is 0 Å². The molecule has 6 nitrogen and oxygen atoms in total. The molecule has 7 heteroatoms. The molecule has 0 spiro atoms. The SMILES string of the molecule is CNC(=O)c1cc(Br)ccc1NC(=O)COc1ccc(C#N)cc1. The van der Waals surface area contributed by atoms with Crippen LogP contribution in [0.4, 0.5) is 5.69 Å². The van der Waals surface area contributed by atoms with Crippen LogP contribution >= 0.6 is 15.9 Å². The maximum atomic E-state index is 12.0. The van der Waals surface area contributed by atoms with Crippen LogP contribution in [-0.4, -0.2) is 25.5 Å². The fourth-order valence-corrected chi connectivity index (χ4v) is 2.27. The summed E-state index contributed by atoms with van der Waals surface area (Å²) < 4.78 is 6.09. The number of nitrogens with one attached hydrogen (secondary N) is 2. The van der Waals surface area contributed by atoms with E-state index in [-0.39, 0.29) is 12.5 Å². The number of hydrogen-bond donors (Lipinski definition) is 2. The zero-order valence-corrected chi connectivity index (χ0v) is 14.4. The number of ether oxygens (including phenoxy) is 1. The van der Waals surface area contributed by atoms with E-state index in [0.29, 0.717) is 22.6 Å². The highest BCUT2D eigenvalue weighted by Crippen LogP contribution is 2.21. The summed E-state index contributed by atoms with van der Waals surface area (Å²) in [6.45, 7) is -0.213. The Morgan fingerprint density at radius 3 is 2.54 bits per heavy atom. The van der Waals surface area contributed by atoms with Crippen molar-refractivity contribution in [3.63, 3.8) is 0 Å². The van der Waals surface area contributed by atoms with Crippen LogP contribution in [0.15, 0.2) is 46.9 Å². The van der Waals surface area contributed by atoms with E-state index in [1.165, 1.54) is 7.05 Å². The number of carbonyl (C=O) groups excluding carboxylic acids is 2. The number of benzene rings is 2. The van der Waals surface area contributed by atoms with Gasteiger partial charge in [-0.05, 0) is 42.5 Å². The number of nitriles is 1. The van der Waals surface area contributed by atoms with Gasteiger partial charge >= 0.3 is 0 Å². The molecule has 0 atom stereocenters. The third kappa shape index (κ3) is 4.57. The van der Waals surface area contributed by atoms with E-state index < -0.39 is 5.91 Å². The Bertz CT molecular complexity index is 798. The summed E-state index contributed by atoms with van der Waals surface area (Å²) in [5, 5.41) is 13.9.